The predicted molar refractivity (Wildman–Crippen MR) is 65.2 cm³/mol. The fraction of sp³-hybridized carbons (Fsp3) is 0.545. The first-order chi connectivity index (χ1) is 8.63. The summed E-state index contributed by atoms with van der Waals surface area (Å²) in [6.45, 7) is 2.27. The van der Waals surface area contributed by atoms with E-state index in [1.54, 1.807) is 12.4 Å². The van der Waals surface area contributed by atoms with E-state index in [9.17, 15) is 9.59 Å². The van der Waals surface area contributed by atoms with E-state index in [0.717, 1.165) is 5.82 Å². The van der Waals surface area contributed by atoms with Crippen LogP contribution in [-0.4, -0.2) is 39.7 Å². The van der Waals surface area contributed by atoms with E-state index >= 15 is 0 Å². The molecule has 1 aromatic heterocycles. The molecule has 0 aliphatic carbocycles. The summed E-state index contributed by atoms with van der Waals surface area (Å²) in [5, 5.41) is 13.9. The molecule has 0 aromatic carbocycles. The average molecular weight is 254 g/mol. The van der Waals surface area contributed by atoms with Gasteiger partial charge in [-0.2, -0.15) is 0 Å². The van der Waals surface area contributed by atoms with E-state index in [1.807, 2.05) is 6.92 Å². The van der Waals surface area contributed by atoms with E-state index in [2.05, 4.69) is 20.6 Å². The number of carbonyl (C=O) groups excluding carboxylic acids is 1. The largest absolute Gasteiger partial charge is 0.480 e. The van der Waals surface area contributed by atoms with E-state index < -0.39 is 18.0 Å². The molecule has 1 heterocycles. The van der Waals surface area contributed by atoms with Crippen molar-refractivity contribution in [1.82, 2.24) is 20.6 Å². The first-order valence-electron chi connectivity index (χ1n) is 5.89. The quantitative estimate of drug-likeness (QED) is 0.568. The number of hydrogen-bond acceptors (Lipinski definition) is 3. The number of aromatic nitrogens is 2. The van der Waals surface area contributed by atoms with Crippen molar-refractivity contribution in [2.75, 3.05) is 6.54 Å². The number of nitrogens with zero attached hydrogens (tertiary/aromatic N) is 1. The lowest BCUT2D eigenvalue weighted by Crippen LogP contribution is -2.46. The molecule has 0 radical (unpaired) electrons. The molecule has 0 fully saturated rings. The van der Waals surface area contributed by atoms with Crippen LogP contribution < -0.4 is 10.6 Å². The zero-order chi connectivity index (χ0) is 13.4. The zero-order valence-electron chi connectivity index (χ0n) is 10.3. The number of imidazole rings is 1. The van der Waals surface area contributed by atoms with Crippen LogP contribution in [0.15, 0.2) is 12.4 Å². The summed E-state index contributed by atoms with van der Waals surface area (Å²) >= 11 is 0. The van der Waals surface area contributed by atoms with Gasteiger partial charge in [-0.15, -0.1) is 0 Å². The molecule has 100 valence electrons. The zero-order valence-corrected chi connectivity index (χ0v) is 10.3. The van der Waals surface area contributed by atoms with Gasteiger partial charge in [-0.3, -0.25) is 0 Å². The highest BCUT2D eigenvalue weighted by molar-refractivity contribution is 5.82. The van der Waals surface area contributed by atoms with Crippen molar-refractivity contribution < 1.29 is 14.7 Å². The molecule has 1 rings (SSSR count). The number of nitrogens with one attached hydrogen (secondary N) is 3. The number of amides is 2. The maximum absolute atomic E-state index is 11.4. The number of H-pyrrole nitrogens is 1. The Bertz CT molecular complexity index is 378. The number of carboxylic acids is 1. The number of urea groups is 1. The SMILES string of the molecule is CCCC(NC(=O)NCCc1ncc[nH]1)C(=O)O. The Labute approximate surface area is 105 Å². The minimum absolute atomic E-state index is 0.401. The summed E-state index contributed by atoms with van der Waals surface area (Å²) < 4.78 is 0. The Morgan fingerprint density at radius 1 is 1.56 bits per heavy atom. The minimum atomic E-state index is -1.02. The normalized spacial score (nSPS) is 11.8. The maximum Gasteiger partial charge on any atom is 0.326 e. The Kier molecular flexibility index (Phi) is 5.69. The summed E-state index contributed by atoms with van der Waals surface area (Å²) in [4.78, 5) is 29.2. The summed E-state index contributed by atoms with van der Waals surface area (Å²) in [5.74, 6) is -0.239. The molecular weight excluding hydrogens is 236 g/mol. The Hall–Kier alpha value is -2.05. The van der Waals surface area contributed by atoms with Gasteiger partial charge >= 0.3 is 12.0 Å². The molecule has 4 N–H and O–H groups in total. The number of rotatable bonds is 7. The fourth-order valence-corrected chi connectivity index (χ4v) is 1.48. The van der Waals surface area contributed by atoms with Crippen LogP contribution in [0, 0.1) is 0 Å². The van der Waals surface area contributed by atoms with Crippen molar-refractivity contribution >= 4 is 12.0 Å². The van der Waals surface area contributed by atoms with Crippen LogP contribution in [0.1, 0.15) is 25.6 Å². The lowest BCUT2D eigenvalue weighted by atomic mass is 10.2. The van der Waals surface area contributed by atoms with Crippen LogP contribution in [0.4, 0.5) is 4.79 Å². The third-order valence-corrected chi connectivity index (χ3v) is 2.38. The van der Waals surface area contributed by atoms with Crippen molar-refractivity contribution in [2.45, 2.75) is 32.2 Å². The highest BCUT2D eigenvalue weighted by atomic mass is 16.4. The van der Waals surface area contributed by atoms with Gasteiger partial charge in [-0.1, -0.05) is 13.3 Å². The summed E-state index contributed by atoms with van der Waals surface area (Å²) in [7, 11) is 0. The van der Waals surface area contributed by atoms with Crippen molar-refractivity contribution in [3.8, 4) is 0 Å². The molecular formula is C11H18N4O3. The van der Waals surface area contributed by atoms with E-state index in [-0.39, 0.29) is 0 Å². The second-order valence-corrected chi connectivity index (χ2v) is 3.87. The van der Waals surface area contributed by atoms with E-state index in [1.165, 1.54) is 0 Å². The lowest BCUT2D eigenvalue weighted by Gasteiger charge is -2.13. The summed E-state index contributed by atoms with van der Waals surface area (Å²) in [6, 6.07) is -1.30. The summed E-state index contributed by atoms with van der Waals surface area (Å²) in [6.07, 6.45) is 5.03. The molecule has 0 bridgehead atoms. The molecule has 7 nitrogen and oxygen atoms in total. The minimum Gasteiger partial charge on any atom is -0.480 e. The molecule has 7 heteroatoms. The standard InChI is InChI=1S/C11H18N4O3/c1-2-3-8(10(16)17)15-11(18)14-5-4-9-12-6-7-13-9/h6-8H,2-5H2,1H3,(H,12,13)(H,16,17)(H2,14,15,18). The molecule has 0 aliphatic heterocycles. The topological polar surface area (TPSA) is 107 Å². The first-order valence-corrected chi connectivity index (χ1v) is 5.89. The summed E-state index contributed by atoms with van der Waals surface area (Å²) in [5.41, 5.74) is 0. The van der Waals surface area contributed by atoms with Crippen molar-refractivity contribution in [2.24, 2.45) is 0 Å². The molecule has 0 aliphatic rings. The second-order valence-electron chi connectivity index (χ2n) is 3.87. The smallest absolute Gasteiger partial charge is 0.326 e. The first kappa shape index (κ1) is 14.0. The third-order valence-electron chi connectivity index (χ3n) is 2.38. The fourth-order valence-electron chi connectivity index (χ4n) is 1.48. The monoisotopic (exact) mass is 254 g/mol. The van der Waals surface area contributed by atoms with Crippen molar-refractivity contribution in [3.63, 3.8) is 0 Å². The predicted octanol–water partition coefficient (Wildman–Crippen LogP) is 0.505. The molecule has 0 saturated carbocycles. The third kappa shape index (κ3) is 4.86. The average Bonchev–Trinajstić information content (AvgIpc) is 2.81. The van der Waals surface area contributed by atoms with Crippen LogP contribution in [0.25, 0.3) is 0 Å². The molecule has 0 spiro atoms. The molecule has 18 heavy (non-hydrogen) atoms. The number of carboxylic acid groups (broad SMARTS) is 1. The molecule has 1 unspecified atom stereocenters. The molecule has 1 aromatic rings. The number of aliphatic carboxylic acids is 1. The Morgan fingerprint density at radius 2 is 2.33 bits per heavy atom. The number of carbonyl (C=O) groups is 2. The van der Waals surface area contributed by atoms with Gasteiger partial charge in [0.25, 0.3) is 0 Å². The van der Waals surface area contributed by atoms with Crippen LogP contribution in [0.5, 0.6) is 0 Å². The van der Waals surface area contributed by atoms with Gasteiger partial charge in [0.05, 0.1) is 0 Å². The van der Waals surface area contributed by atoms with Gasteiger partial charge in [-0.05, 0) is 6.42 Å². The van der Waals surface area contributed by atoms with Crippen LogP contribution in [0.2, 0.25) is 0 Å². The molecule has 1 atom stereocenters. The Morgan fingerprint density at radius 3 is 2.89 bits per heavy atom. The molecule has 0 saturated heterocycles. The number of aromatic amines is 1. The second kappa shape index (κ2) is 7.31. The van der Waals surface area contributed by atoms with Gasteiger partial charge in [0.1, 0.15) is 11.9 Å². The molecule has 2 amide bonds. The maximum atomic E-state index is 11.4. The highest BCUT2D eigenvalue weighted by Crippen LogP contribution is 1.96. The highest BCUT2D eigenvalue weighted by Gasteiger charge is 2.18. The van der Waals surface area contributed by atoms with E-state index in [0.29, 0.717) is 25.8 Å². The van der Waals surface area contributed by atoms with Crippen LogP contribution >= 0.6 is 0 Å². The lowest BCUT2D eigenvalue weighted by molar-refractivity contribution is -0.139. The van der Waals surface area contributed by atoms with Gasteiger partial charge in [0, 0.05) is 25.4 Å². The van der Waals surface area contributed by atoms with Crippen molar-refractivity contribution in [1.29, 1.82) is 0 Å². The number of hydrogen-bond donors (Lipinski definition) is 4. The Balaban J connectivity index is 2.25. The van der Waals surface area contributed by atoms with E-state index in [4.69, 9.17) is 5.11 Å². The van der Waals surface area contributed by atoms with Gasteiger partial charge in [0.2, 0.25) is 0 Å². The van der Waals surface area contributed by atoms with Gasteiger partial charge < -0.3 is 20.7 Å². The van der Waals surface area contributed by atoms with Crippen LogP contribution in [0.3, 0.4) is 0 Å². The van der Waals surface area contributed by atoms with Gasteiger partial charge in [-0.25, -0.2) is 14.6 Å². The van der Waals surface area contributed by atoms with Crippen LogP contribution in [-0.2, 0) is 11.2 Å². The van der Waals surface area contributed by atoms with Gasteiger partial charge in [0.15, 0.2) is 0 Å². The van der Waals surface area contributed by atoms with Crippen molar-refractivity contribution in [3.05, 3.63) is 18.2 Å².